The van der Waals surface area contributed by atoms with E-state index in [9.17, 15) is 44.4 Å². The summed E-state index contributed by atoms with van der Waals surface area (Å²) < 4.78 is 10.9. The zero-order valence-corrected chi connectivity index (χ0v) is 42.6. The number of hydrogen-bond acceptors (Lipinski definition) is 12. The number of carboxylic acid groups (broad SMARTS) is 2. The van der Waals surface area contributed by atoms with Gasteiger partial charge in [-0.2, -0.15) is 0 Å². The van der Waals surface area contributed by atoms with Crippen LogP contribution in [0, 0.1) is 11.3 Å². The number of carboxylic acids is 1. The summed E-state index contributed by atoms with van der Waals surface area (Å²) in [4.78, 5) is 69.9. The molecule has 0 aromatic rings. The van der Waals surface area contributed by atoms with Crippen molar-refractivity contribution in [3.63, 3.8) is 0 Å². The fourth-order valence-electron chi connectivity index (χ4n) is 7.25. The Morgan fingerprint density at radius 1 is 0.696 bits per heavy atom. The summed E-state index contributed by atoms with van der Waals surface area (Å²) in [6, 6.07) is 0. The third kappa shape index (κ3) is 23.9. The molecule has 69 heavy (non-hydrogen) atoms. The number of hydrogen-bond donors (Lipinski definition) is 6. The maximum Gasteiger partial charge on any atom is 0.307 e. The number of allylic oxidation sites excluding steroid dienone is 20. The fourth-order valence-corrected chi connectivity index (χ4v) is 7.25. The van der Waals surface area contributed by atoms with Gasteiger partial charge in [-0.25, -0.2) is 0 Å². The van der Waals surface area contributed by atoms with Crippen molar-refractivity contribution in [3.05, 3.63) is 130 Å². The molecule has 2 aliphatic rings. The predicted molar refractivity (Wildman–Crippen MR) is 269 cm³/mol. The summed E-state index contributed by atoms with van der Waals surface area (Å²) in [7, 11) is 0. The van der Waals surface area contributed by atoms with E-state index in [1.807, 2.05) is 147 Å². The van der Waals surface area contributed by atoms with E-state index in [0.717, 1.165) is 33.4 Å². The average molecular weight is 963 g/mol. The third-order valence-electron chi connectivity index (χ3n) is 11.2. The number of esters is 2. The Morgan fingerprint density at radius 2 is 1.14 bits per heavy atom. The molecule has 0 radical (unpaired) electrons. The number of ether oxygens (including phenoxy) is 2. The maximum absolute atomic E-state index is 13.1. The molecule has 14 nitrogen and oxygen atoms in total. The van der Waals surface area contributed by atoms with Crippen LogP contribution in [-0.2, 0) is 38.2 Å². The van der Waals surface area contributed by atoms with Gasteiger partial charge in [-0.15, -0.1) is 0 Å². The highest BCUT2D eigenvalue weighted by Crippen LogP contribution is 2.41. The van der Waals surface area contributed by atoms with Crippen molar-refractivity contribution < 1.29 is 68.9 Å². The van der Waals surface area contributed by atoms with Crippen LogP contribution in [0.15, 0.2) is 130 Å². The first-order valence-corrected chi connectivity index (χ1v) is 23.4. The number of rotatable bonds is 22. The molecule has 0 amide bonds. The molecule has 7 atom stereocenters. The lowest BCUT2D eigenvalue weighted by Crippen LogP contribution is -2.43. The van der Waals surface area contributed by atoms with Crippen LogP contribution in [0.3, 0.4) is 0 Å². The number of carbonyl (C=O) groups is 6. The number of carbonyl (C=O) groups excluding carboxylic acids is 4. The van der Waals surface area contributed by atoms with E-state index in [1.165, 1.54) is 6.92 Å². The lowest BCUT2D eigenvalue weighted by atomic mass is 9.71. The van der Waals surface area contributed by atoms with Crippen LogP contribution in [0.25, 0.3) is 0 Å². The Bertz CT molecular complexity index is 2100. The second kappa shape index (κ2) is 32.9. The topological polar surface area (TPSA) is 242 Å². The molecule has 0 aromatic carbocycles. The summed E-state index contributed by atoms with van der Waals surface area (Å²) in [5.41, 5.74) is 6.44. The highest BCUT2D eigenvalue weighted by atomic mass is 16.6. The van der Waals surface area contributed by atoms with E-state index in [0.29, 0.717) is 24.0 Å². The molecule has 2 aliphatic carbocycles. The van der Waals surface area contributed by atoms with E-state index in [2.05, 4.69) is 0 Å². The molecule has 0 bridgehead atoms. The Balaban J connectivity index is 0.00000887. The first-order chi connectivity index (χ1) is 32.4. The van der Waals surface area contributed by atoms with Crippen LogP contribution in [0.4, 0.5) is 0 Å². The van der Waals surface area contributed by atoms with Gasteiger partial charge in [0.1, 0.15) is 12.2 Å². The van der Waals surface area contributed by atoms with E-state index in [-0.39, 0.29) is 56.1 Å². The molecule has 0 spiro atoms. The number of aliphatic hydroxyl groups excluding tert-OH is 4. The van der Waals surface area contributed by atoms with Gasteiger partial charge in [-0.3, -0.25) is 28.8 Å². The van der Waals surface area contributed by atoms with Crippen molar-refractivity contribution in [1.29, 1.82) is 0 Å². The summed E-state index contributed by atoms with van der Waals surface area (Å²) in [6.45, 7) is 22.4. The molecule has 0 aliphatic heterocycles. The van der Waals surface area contributed by atoms with Crippen LogP contribution in [0.1, 0.15) is 128 Å². The van der Waals surface area contributed by atoms with Crippen LogP contribution in [-0.4, -0.2) is 103 Å². The Labute approximate surface area is 409 Å². The van der Waals surface area contributed by atoms with Crippen LogP contribution in [0.2, 0.25) is 0 Å². The van der Waals surface area contributed by atoms with Gasteiger partial charge in [0.25, 0.3) is 6.47 Å². The van der Waals surface area contributed by atoms with Crippen molar-refractivity contribution in [1.82, 2.24) is 0 Å². The second-order valence-corrected chi connectivity index (χ2v) is 17.6. The fraction of sp³-hybridized carbons (Fsp3) is 0.491. The summed E-state index contributed by atoms with van der Waals surface area (Å²) in [6.07, 6.45) is 20.3. The highest BCUT2D eigenvalue weighted by Gasteiger charge is 2.40. The summed E-state index contributed by atoms with van der Waals surface area (Å²) in [5.74, 6) is -2.92. The lowest BCUT2D eigenvalue weighted by Gasteiger charge is -2.36. The predicted octanol–water partition coefficient (Wildman–Crippen LogP) is 8.84. The first kappa shape index (κ1) is 63.2. The van der Waals surface area contributed by atoms with Gasteiger partial charge < -0.3 is 40.1 Å². The SMILES string of the molecule is CC.CC1=C(/C=C/C(C)=C/C=C/C(C)=C/C=C/C=C(C)/C=C/C=C(C)/C=C/C2=C(C)C(=O)C(OC(=O)CCC(=O)O)CC2(C)C)C(C)CC(OC(=O)CCCC(O)C(O)C(O)C(C)O)C1=O.O=CO. The molecule has 0 saturated carbocycles. The molecule has 0 heterocycles. The molecule has 14 heteroatoms. The van der Waals surface area contributed by atoms with Gasteiger partial charge >= 0.3 is 17.9 Å². The number of ketones is 2. The maximum atomic E-state index is 13.1. The van der Waals surface area contributed by atoms with Crippen molar-refractivity contribution in [3.8, 4) is 0 Å². The van der Waals surface area contributed by atoms with Crippen molar-refractivity contribution in [2.45, 2.75) is 165 Å². The van der Waals surface area contributed by atoms with Crippen molar-refractivity contribution in [2.24, 2.45) is 11.3 Å². The average Bonchev–Trinajstić information content (AvgIpc) is 3.28. The van der Waals surface area contributed by atoms with E-state index in [1.54, 1.807) is 13.8 Å². The minimum Gasteiger partial charge on any atom is -0.483 e. The van der Waals surface area contributed by atoms with Gasteiger partial charge in [0.05, 0.1) is 25.0 Å². The molecule has 382 valence electrons. The van der Waals surface area contributed by atoms with E-state index >= 15 is 0 Å². The number of aliphatic carboxylic acids is 1. The van der Waals surface area contributed by atoms with Crippen LogP contribution < -0.4 is 0 Å². The lowest BCUT2D eigenvalue weighted by molar-refractivity contribution is -0.157. The van der Waals surface area contributed by atoms with E-state index in [4.69, 9.17) is 24.5 Å². The molecular formula is C55H78O14. The zero-order chi connectivity index (χ0) is 53.0. The molecular weight excluding hydrogens is 885 g/mol. The smallest absolute Gasteiger partial charge is 0.307 e. The molecule has 0 aromatic heterocycles. The Hall–Kier alpha value is -5.80. The molecule has 7 unspecified atom stereocenters. The van der Waals surface area contributed by atoms with Gasteiger partial charge in [0.15, 0.2) is 23.8 Å². The molecule has 2 rings (SSSR count). The van der Waals surface area contributed by atoms with Crippen LogP contribution >= 0.6 is 0 Å². The zero-order valence-electron chi connectivity index (χ0n) is 42.6. The largest absolute Gasteiger partial charge is 0.483 e. The van der Waals surface area contributed by atoms with Crippen molar-refractivity contribution >= 4 is 35.9 Å². The normalized spacial score (nSPS) is 21.3. The highest BCUT2D eigenvalue weighted by molar-refractivity contribution is 6.02. The number of aliphatic hydroxyl groups is 4. The second-order valence-electron chi connectivity index (χ2n) is 17.6. The monoisotopic (exact) mass is 963 g/mol. The van der Waals surface area contributed by atoms with Gasteiger partial charge in [0.2, 0.25) is 0 Å². The minimum absolute atomic E-state index is 0.00983. The Kier molecular flexibility index (Phi) is 30.1. The summed E-state index contributed by atoms with van der Waals surface area (Å²) >= 11 is 0. The van der Waals surface area contributed by atoms with Crippen LogP contribution in [0.5, 0.6) is 0 Å². The van der Waals surface area contributed by atoms with E-state index < -0.39 is 59.9 Å². The van der Waals surface area contributed by atoms with Gasteiger partial charge in [-0.1, -0.05) is 142 Å². The number of Topliss-reactive ketones (excluding diaryl/α,β-unsaturated/α-hetero) is 2. The molecule has 6 N–H and O–H groups in total. The minimum atomic E-state index is -1.55. The quantitative estimate of drug-likeness (QED) is 0.0338. The third-order valence-corrected chi connectivity index (χ3v) is 11.2. The molecule has 0 fully saturated rings. The van der Waals surface area contributed by atoms with Crippen molar-refractivity contribution in [2.75, 3.05) is 0 Å². The standard InChI is InChI=1S/C52H70O12.C2H6.CH2O2/c1-32(16-11-12-17-33(2)19-14-21-35(4)25-27-41-38(7)49(60)44(31-52(41,9)10)64-47(58)29-28-45(55)56)18-13-20-34(3)24-26-40-36(5)30-43(48(59)37(40)6)63-46(57)23-15-22-42(54)51(62)50(61)39(8)53;1-2;2-1-3/h11-14,16-21,24-27,36,39,42-44,50-51,53-54,61-62H,15,22-23,28-31H2,1-10H3,(H,55,56);1-2H3;1H,(H,2,3)/b12-11+,18-13+,19-14+,26-24+,27-25+,32-16+,33-17+,34-20+,35-21+;;. The summed E-state index contributed by atoms with van der Waals surface area (Å²) in [5, 5.41) is 54.8. The first-order valence-electron chi connectivity index (χ1n) is 23.4. The van der Waals surface area contributed by atoms with Gasteiger partial charge in [-0.05, 0) is 101 Å². The molecule has 0 saturated heterocycles. The Morgan fingerprint density at radius 3 is 1.65 bits per heavy atom. The van der Waals surface area contributed by atoms with Gasteiger partial charge in [0, 0.05) is 12.8 Å².